The molecular formula is C27H30N2O8S. The van der Waals surface area contributed by atoms with Crippen LogP contribution in [-0.2, 0) is 44.0 Å². The van der Waals surface area contributed by atoms with Crippen molar-refractivity contribution in [2.24, 2.45) is 0 Å². The van der Waals surface area contributed by atoms with Gasteiger partial charge < -0.3 is 25.0 Å². The van der Waals surface area contributed by atoms with E-state index in [-0.39, 0.29) is 0 Å². The van der Waals surface area contributed by atoms with Gasteiger partial charge in [0.05, 0.1) is 18.1 Å². The summed E-state index contributed by atoms with van der Waals surface area (Å²) < 4.78 is 38.2. The number of benzene rings is 3. The van der Waals surface area contributed by atoms with Crippen molar-refractivity contribution in [3.8, 4) is 5.75 Å². The van der Waals surface area contributed by atoms with E-state index >= 15 is 0 Å². The van der Waals surface area contributed by atoms with Gasteiger partial charge in [-0.15, -0.1) is 0 Å². The monoisotopic (exact) mass is 542 g/mol. The number of para-hydroxylation sites is 1. The van der Waals surface area contributed by atoms with Crippen molar-refractivity contribution in [1.29, 1.82) is 0 Å². The molecule has 1 aliphatic rings. The van der Waals surface area contributed by atoms with Gasteiger partial charge in [0.15, 0.2) is 0 Å². The lowest BCUT2D eigenvalue weighted by Crippen LogP contribution is -2.40. The van der Waals surface area contributed by atoms with Crippen LogP contribution in [0.3, 0.4) is 0 Å². The summed E-state index contributed by atoms with van der Waals surface area (Å²) in [5.41, 5.74) is 3.23. The lowest BCUT2D eigenvalue weighted by Gasteiger charge is -2.26. The molecule has 0 aliphatic carbocycles. The zero-order valence-corrected chi connectivity index (χ0v) is 21.5. The molecule has 1 aliphatic heterocycles. The maximum atomic E-state index is 12.7. The fourth-order valence-corrected chi connectivity index (χ4v) is 4.99. The van der Waals surface area contributed by atoms with Crippen LogP contribution in [0.5, 0.6) is 5.75 Å². The van der Waals surface area contributed by atoms with Gasteiger partial charge in [-0.3, -0.25) is 0 Å². The highest BCUT2D eigenvalue weighted by Gasteiger charge is 2.26. The van der Waals surface area contributed by atoms with Crippen LogP contribution in [0, 0.1) is 0 Å². The third kappa shape index (κ3) is 8.67. The lowest BCUT2D eigenvalue weighted by molar-refractivity contribution is -0.159. The Morgan fingerprint density at radius 3 is 2.05 bits per heavy atom. The maximum Gasteiger partial charge on any atom is 0.414 e. The van der Waals surface area contributed by atoms with Crippen LogP contribution in [0.15, 0.2) is 83.8 Å². The third-order valence-corrected chi connectivity index (χ3v) is 7.48. The minimum atomic E-state index is -3.46. The minimum absolute atomic E-state index is 0.322. The molecule has 1 fully saturated rings. The van der Waals surface area contributed by atoms with Crippen molar-refractivity contribution < 1.29 is 37.7 Å². The first-order chi connectivity index (χ1) is 18.3. The summed E-state index contributed by atoms with van der Waals surface area (Å²) in [6, 6.07) is 25.2. The fraction of sp³-hybridized carbons (Fsp3) is 0.259. The zero-order valence-electron chi connectivity index (χ0n) is 20.7. The molecule has 0 amide bonds. The lowest BCUT2D eigenvalue weighted by atomic mass is 10.2. The van der Waals surface area contributed by atoms with E-state index in [9.17, 15) is 8.42 Å². The molecule has 3 aromatic rings. The van der Waals surface area contributed by atoms with Gasteiger partial charge in [0.25, 0.3) is 0 Å². The molecule has 38 heavy (non-hydrogen) atoms. The Morgan fingerprint density at radius 1 is 0.816 bits per heavy atom. The number of ether oxygens (including phenoxy) is 2. The summed E-state index contributed by atoms with van der Waals surface area (Å²) in [6.45, 7) is 3.49. The van der Waals surface area contributed by atoms with Crippen LogP contribution in [-0.4, -0.2) is 61.2 Å². The summed E-state index contributed by atoms with van der Waals surface area (Å²) in [6.07, 6.45) is 0. The van der Waals surface area contributed by atoms with Gasteiger partial charge in [-0.2, -0.15) is 4.31 Å². The van der Waals surface area contributed by atoms with Crippen LogP contribution >= 0.6 is 0 Å². The van der Waals surface area contributed by atoms with Gasteiger partial charge in [0.2, 0.25) is 10.0 Å². The molecular weight excluding hydrogens is 512 g/mol. The van der Waals surface area contributed by atoms with E-state index in [0.717, 1.165) is 22.4 Å². The van der Waals surface area contributed by atoms with E-state index < -0.39 is 22.0 Å². The highest BCUT2D eigenvalue weighted by atomic mass is 32.2. The first-order valence-electron chi connectivity index (χ1n) is 11.9. The summed E-state index contributed by atoms with van der Waals surface area (Å²) >= 11 is 0. The van der Waals surface area contributed by atoms with Crippen LogP contribution in [0.2, 0.25) is 0 Å². The highest BCUT2D eigenvalue weighted by molar-refractivity contribution is 7.89. The van der Waals surface area contributed by atoms with Gasteiger partial charge in [-0.25, -0.2) is 18.0 Å². The molecule has 10 nitrogen and oxygen atoms in total. The molecule has 0 unspecified atom stereocenters. The van der Waals surface area contributed by atoms with Gasteiger partial charge >= 0.3 is 11.9 Å². The molecule has 11 heteroatoms. The third-order valence-electron chi connectivity index (χ3n) is 5.57. The van der Waals surface area contributed by atoms with Crippen molar-refractivity contribution >= 4 is 22.0 Å². The minimum Gasteiger partial charge on any atom is -0.489 e. The van der Waals surface area contributed by atoms with Crippen LogP contribution in [0.4, 0.5) is 0 Å². The summed E-state index contributed by atoms with van der Waals surface area (Å²) in [4.78, 5) is 18.5. The molecule has 0 radical (unpaired) electrons. The Kier molecular flexibility index (Phi) is 10.8. The van der Waals surface area contributed by atoms with Gasteiger partial charge in [0.1, 0.15) is 12.4 Å². The number of nitrogens with one attached hydrogen (secondary N) is 1. The second-order valence-corrected chi connectivity index (χ2v) is 10.2. The largest absolute Gasteiger partial charge is 0.489 e. The van der Waals surface area contributed by atoms with Crippen molar-refractivity contribution in [3.05, 3.63) is 95.6 Å². The fourth-order valence-electron chi connectivity index (χ4n) is 3.58. The first kappa shape index (κ1) is 28.8. The molecule has 0 spiro atoms. The maximum absolute atomic E-state index is 12.7. The van der Waals surface area contributed by atoms with Gasteiger partial charge in [0, 0.05) is 31.7 Å². The second-order valence-electron chi connectivity index (χ2n) is 8.26. The Morgan fingerprint density at radius 2 is 1.42 bits per heavy atom. The number of hydrogen-bond acceptors (Lipinski definition) is 7. The summed E-state index contributed by atoms with van der Waals surface area (Å²) in [7, 11) is -3.46. The van der Waals surface area contributed by atoms with E-state index in [1.54, 1.807) is 12.1 Å². The number of carbonyl (C=O) groups is 2. The average molecular weight is 543 g/mol. The van der Waals surface area contributed by atoms with Crippen molar-refractivity contribution in [3.63, 3.8) is 0 Å². The Labute approximate surface area is 221 Å². The van der Waals surface area contributed by atoms with Crippen molar-refractivity contribution in [1.82, 2.24) is 9.62 Å². The standard InChI is InChI=1S/C25H28N2O4S.C2H2O4/c28-32(29,27-14-16-30-17-15-27)24-12-10-21(11-13-24)18-26-19-23-8-4-5-9-25(23)31-20-22-6-2-1-3-7-22;3-1(4)2(5)6/h1-13,26H,14-20H2;(H,3,4)(H,5,6). The molecule has 1 heterocycles. The second kappa shape index (κ2) is 14.2. The first-order valence-corrected chi connectivity index (χ1v) is 13.3. The molecule has 4 rings (SSSR count). The zero-order chi connectivity index (χ0) is 27.4. The Balaban J connectivity index is 0.000000599. The number of carboxylic acid groups (broad SMARTS) is 2. The highest BCUT2D eigenvalue weighted by Crippen LogP contribution is 2.20. The normalized spacial score (nSPS) is 13.7. The Bertz CT molecular complexity index is 1280. The van der Waals surface area contributed by atoms with Gasteiger partial charge in [-0.1, -0.05) is 60.7 Å². The van der Waals surface area contributed by atoms with E-state index in [1.807, 2.05) is 66.7 Å². The molecule has 0 aromatic heterocycles. The van der Waals surface area contributed by atoms with E-state index in [0.29, 0.717) is 50.9 Å². The Hall–Kier alpha value is -3.77. The number of carboxylic acids is 2. The molecule has 3 N–H and O–H groups in total. The smallest absolute Gasteiger partial charge is 0.414 e. The molecule has 0 saturated carbocycles. The van der Waals surface area contributed by atoms with Crippen LogP contribution < -0.4 is 10.1 Å². The summed E-state index contributed by atoms with van der Waals surface area (Å²) in [5, 5.41) is 18.2. The van der Waals surface area contributed by atoms with E-state index in [2.05, 4.69) is 5.32 Å². The number of rotatable bonds is 9. The quantitative estimate of drug-likeness (QED) is 0.348. The van der Waals surface area contributed by atoms with Crippen molar-refractivity contribution in [2.45, 2.75) is 24.6 Å². The van der Waals surface area contributed by atoms with E-state index in [1.165, 1.54) is 4.31 Å². The van der Waals surface area contributed by atoms with E-state index in [4.69, 9.17) is 29.3 Å². The van der Waals surface area contributed by atoms with Crippen LogP contribution in [0.1, 0.15) is 16.7 Å². The van der Waals surface area contributed by atoms with Crippen LogP contribution in [0.25, 0.3) is 0 Å². The molecule has 1 saturated heterocycles. The number of aliphatic carboxylic acids is 2. The number of morpholine rings is 1. The molecule has 202 valence electrons. The molecule has 3 aromatic carbocycles. The van der Waals surface area contributed by atoms with Gasteiger partial charge in [-0.05, 0) is 29.3 Å². The molecule has 0 bridgehead atoms. The number of nitrogens with zero attached hydrogens (tertiary/aromatic N) is 1. The predicted molar refractivity (Wildman–Crippen MR) is 139 cm³/mol. The van der Waals surface area contributed by atoms with Crippen molar-refractivity contribution in [2.75, 3.05) is 26.3 Å². The summed E-state index contributed by atoms with van der Waals surface area (Å²) in [5.74, 6) is -2.79. The molecule has 0 atom stereocenters. The number of sulfonamides is 1. The number of hydrogen-bond donors (Lipinski definition) is 3. The average Bonchev–Trinajstić information content (AvgIpc) is 2.94. The topological polar surface area (TPSA) is 142 Å². The predicted octanol–water partition coefficient (Wildman–Crippen LogP) is 2.73. The SMILES string of the molecule is O=C(O)C(=O)O.O=S(=O)(c1ccc(CNCc2ccccc2OCc2ccccc2)cc1)N1CCOCC1.